The summed E-state index contributed by atoms with van der Waals surface area (Å²) in [6, 6.07) is 10.4. The Bertz CT molecular complexity index is 1860. The smallest absolute Gasteiger partial charge is 0.186 e. The molecule has 1 unspecified atom stereocenters. The lowest BCUT2D eigenvalue weighted by molar-refractivity contribution is 0.442. The number of hydrogen-bond donors (Lipinski definition) is 1. The Balaban J connectivity index is 1.56. The molecule has 1 aliphatic carbocycles. The van der Waals surface area contributed by atoms with Gasteiger partial charge in [-0.3, -0.25) is 0 Å². The van der Waals surface area contributed by atoms with Crippen LogP contribution in [0.5, 0.6) is 0 Å². The largest absolute Gasteiger partial charge is 0.394 e. The van der Waals surface area contributed by atoms with Crippen LogP contribution in [0.4, 0.5) is 40.8 Å². The van der Waals surface area contributed by atoms with Crippen molar-refractivity contribution in [3.8, 4) is 34.8 Å². The Morgan fingerprint density at radius 2 is 0.979 bits per heavy atom. The summed E-state index contributed by atoms with van der Waals surface area (Å²) in [5.74, 6) is -3.26. The van der Waals surface area contributed by atoms with Crippen molar-refractivity contribution in [1.29, 1.82) is 0 Å². The van der Waals surface area contributed by atoms with Gasteiger partial charge in [-0.2, -0.15) is 0 Å². The van der Waals surface area contributed by atoms with Gasteiger partial charge in [-0.1, -0.05) is 88.2 Å². The Kier molecular flexibility index (Phi) is 9.91. The normalized spacial score (nSPS) is 14.6. The molecular weight excluding hydrogens is 634 g/mol. The Hall–Kier alpha value is -4.76. The Morgan fingerprint density at radius 3 is 1.44 bits per heavy atom. The minimum absolute atomic E-state index is 0.335. The van der Waals surface area contributed by atoms with Crippen molar-refractivity contribution in [1.82, 2.24) is 0 Å². The standard InChI is InChI=1S/C39H31F8N/c1-4-5-6-7-8-9-18-39(3)28-19-22(12-16-26-32(42)30(40)21(2)31(41)33(26)43)10-14-24(28)25-15-11-23(20-29(25)39)13-17-27-34(44)36(46)38(48)37(47)35(27)45/h10-11,14-15,19-20H,4-9,18,48H2,1-3H3. The highest BCUT2D eigenvalue weighted by Crippen LogP contribution is 2.52. The summed E-state index contributed by atoms with van der Waals surface area (Å²) in [7, 11) is 0. The van der Waals surface area contributed by atoms with Crippen molar-refractivity contribution in [3.05, 3.63) is 122 Å². The van der Waals surface area contributed by atoms with E-state index in [0.717, 1.165) is 67.7 Å². The monoisotopic (exact) mass is 665 g/mol. The Labute approximate surface area is 274 Å². The molecule has 0 saturated heterocycles. The molecular formula is C39H31F8N. The van der Waals surface area contributed by atoms with Crippen molar-refractivity contribution in [3.63, 3.8) is 0 Å². The molecule has 0 fully saturated rings. The fourth-order valence-corrected chi connectivity index (χ4v) is 6.18. The fraction of sp³-hybridized carbons (Fsp3) is 0.282. The second-order valence-electron chi connectivity index (χ2n) is 12.2. The van der Waals surface area contributed by atoms with Crippen LogP contribution < -0.4 is 5.73 Å². The van der Waals surface area contributed by atoms with Gasteiger partial charge in [-0.05, 0) is 59.9 Å². The number of nitrogens with two attached hydrogens (primary N) is 1. The molecule has 0 aromatic heterocycles. The number of anilines is 1. The molecule has 0 bridgehead atoms. The molecule has 48 heavy (non-hydrogen) atoms. The van der Waals surface area contributed by atoms with Crippen LogP contribution in [-0.2, 0) is 5.41 Å². The van der Waals surface area contributed by atoms with E-state index in [0.29, 0.717) is 17.5 Å². The first-order valence-corrected chi connectivity index (χ1v) is 15.6. The Morgan fingerprint density at radius 1 is 0.562 bits per heavy atom. The van der Waals surface area contributed by atoms with E-state index in [9.17, 15) is 35.1 Å². The van der Waals surface area contributed by atoms with Gasteiger partial charge < -0.3 is 5.73 Å². The van der Waals surface area contributed by atoms with E-state index in [1.54, 1.807) is 36.4 Å². The van der Waals surface area contributed by atoms with E-state index >= 15 is 0 Å². The minimum Gasteiger partial charge on any atom is -0.394 e. The van der Waals surface area contributed by atoms with Crippen LogP contribution >= 0.6 is 0 Å². The maximum atomic E-state index is 14.5. The molecule has 0 radical (unpaired) electrons. The molecule has 0 saturated carbocycles. The van der Waals surface area contributed by atoms with Gasteiger partial charge in [0.1, 0.15) is 16.8 Å². The fourth-order valence-electron chi connectivity index (χ4n) is 6.18. The zero-order chi connectivity index (χ0) is 34.9. The predicted molar refractivity (Wildman–Crippen MR) is 170 cm³/mol. The zero-order valence-electron chi connectivity index (χ0n) is 26.5. The van der Waals surface area contributed by atoms with E-state index in [-0.39, 0.29) is 0 Å². The second-order valence-corrected chi connectivity index (χ2v) is 12.2. The van der Waals surface area contributed by atoms with Gasteiger partial charge in [0.25, 0.3) is 0 Å². The number of nitrogen functional groups attached to an aromatic ring is 1. The van der Waals surface area contributed by atoms with Crippen LogP contribution in [0.3, 0.4) is 0 Å². The van der Waals surface area contributed by atoms with Gasteiger partial charge in [0, 0.05) is 22.1 Å². The van der Waals surface area contributed by atoms with Crippen LogP contribution in [0, 0.1) is 77.1 Å². The number of hydrogen-bond acceptors (Lipinski definition) is 1. The van der Waals surface area contributed by atoms with Gasteiger partial charge >= 0.3 is 0 Å². The molecule has 4 aromatic carbocycles. The summed E-state index contributed by atoms with van der Waals surface area (Å²) < 4.78 is 114. The van der Waals surface area contributed by atoms with E-state index in [4.69, 9.17) is 5.73 Å². The molecule has 1 nitrogen and oxygen atoms in total. The third-order valence-corrected chi connectivity index (χ3v) is 8.99. The average Bonchev–Trinajstić information content (AvgIpc) is 3.32. The summed E-state index contributed by atoms with van der Waals surface area (Å²) in [5.41, 5.74) is 4.44. The maximum absolute atomic E-state index is 14.5. The number of fused-ring (bicyclic) bond motifs is 3. The summed E-state index contributed by atoms with van der Waals surface area (Å²) >= 11 is 0. The van der Waals surface area contributed by atoms with E-state index in [2.05, 4.69) is 30.6 Å². The number of halogens is 8. The van der Waals surface area contributed by atoms with Gasteiger partial charge in [-0.15, -0.1) is 0 Å². The first-order chi connectivity index (χ1) is 22.8. The molecule has 1 aliphatic rings. The lowest BCUT2D eigenvalue weighted by atomic mass is 9.75. The van der Waals surface area contributed by atoms with Gasteiger partial charge in [0.05, 0.1) is 0 Å². The molecule has 0 aliphatic heterocycles. The van der Waals surface area contributed by atoms with Gasteiger partial charge in [-0.25, -0.2) is 35.1 Å². The highest BCUT2D eigenvalue weighted by Gasteiger charge is 2.39. The van der Waals surface area contributed by atoms with E-state index in [1.165, 1.54) is 0 Å². The zero-order valence-corrected chi connectivity index (χ0v) is 26.5. The van der Waals surface area contributed by atoms with E-state index in [1.807, 2.05) is 6.92 Å². The van der Waals surface area contributed by atoms with Crippen molar-refractivity contribution in [2.75, 3.05) is 5.73 Å². The summed E-state index contributed by atoms with van der Waals surface area (Å²) in [5, 5.41) is 0. The molecule has 4 aromatic rings. The van der Waals surface area contributed by atoms with Crippen molar-refractivity contribution in [2.24, 2.45) is 0 Å². The summed E-state index contributed by atoms with van der Waals surface area (Å²) in [4.78, 5) is 0. The van der Waals surface area contributed by atoms with Crippen molar-refractivity contribution < 1.29 is 35.1 Å². The maximum Gasteiger partial charge on any atom is 0.186 e. The molecule has 5 rings (SSSR count). The third kappa shape index (κ3) is 6.15. The average molecular weight is 666 g/mol. The third-order valence-electron chi connectivity index (χ3n) is 8.99. The molecule has 0 spiro atoms. The van der Waals surface area contributed by atoms with Crippen molar-refractivity contribution in [2.45, 2.75) is 71.1 Å². The summed E-state index contributed by atoms with van der Waals surface area (Å²) in [6.45, 7) is 5.08. The topological polar surface area (TPSA) is 26.0 Å². The van der Waals surface area contributed by atoms with Crippen LogP contribution in [0.1, 0.15) is 97.7 Å². The minimum atomic E-state index is -1.73. The molecule has 2 N–H and O–H groups in total. The summed E-state index contributed by atoms with van der Waals surface area (Å²) in [6.07, 6.45) is 6.89. The molecule has 1 atom stereocenters. The van der Waals surface area contributed by atoms with Crippen molar-refractivity contribution >= 4 is 5.69 Å². The molecule has 9 heteroatoms. The molecule has 0 amide bonds. The highest BCUT2D eigenvalue weighted by molar-refractivity contribution is 5.82. The predicted octanol–water partition coefficient (Wildman–Crippen LogP) is 10.5. The molecule has 0 heterocycles. The van der Waals surface area contributed by atoms with Crippen LogP contribution in [-0.4, -0.2) is 0 Å². The quantitative estimate of drug-likeness (QED) is 0.0687. The lowest BCUT2D eigenvalue weighted by Crippen LogP contribution is -2.21. The second kappa shape index (κ2) is 13.8. The lowest BCUT2D eigenvalue weighted by Gasteiger charge is -2.28. The SMILES string of the molecule is CCCCCCCCC1(C)c2cc(C#Cc3c(F)c(F)c(C)c(F)c3F)ccc2-c2ccc(C#Cc3c(F)c(F)c(N)c(F)c3F)cc21. The van der Waals surface area contributed by atoms with Crippen LogP contribution in [0.25, 0.3) is 11.1 Å². The number of benzene rings is 4. The van der Waals surface area contributed by atoms with Gasteiger partial charge in [0.15, 0.2) is 46.5 Å². The molecule has 248 valence electrons. The van der Waals surface area contributed by atoms with Gasteiger partial charge in [0.2, 0.25) is 0 Å². The highest BCUT2D eigenvalue weighted by atomic mass is 19.2. The number of unbranched alkanes of at least 4 members (excludes halogenated alkanes) is 5. The van der Waals surface area contributed by atoms with Crippen LogP contribution in [0.2, 0.25) is 0 Å². The first kappa shape index (κ1) is 34.6. The van der Waals surface area contributed by atoms with E-state index < -0.39 is 74.3 Å². The number of rotatable bonds is 7. The van der Waals surface area contributed by atoms with Crippen LogP contribution in [0.15, 0.2) is 36.4 Å². The first-order valence-electron chi connectivity index (χ1n) is 15.6.